The first-order chi connectivity index (χ1) is 8.06. The van der Waals surface area contributed by atoms with Crippen LogP contribution in [0.4, 0.5) is 0 Å². The number of phenolic OH excluding ortho intramolecular Hbond substituents is 1. The van der Waals surface area contributed by atoms with Crippen LogP contribution in [-0.4, -0.2) is 35.2 Å². The molecule has 0 amide bonds. The summed E-state index contributed by atoms with van der Waals surface area (Å²) in [5, 5.41) is 13.9. The molecule has 17 heavy (non-hydrogen) atoms. The van der Waals surface area contributed by atoms with Crippen LogP contribution in [0, 0.1) is 0 Å². The topological polar surface area (TPSA) is 35.5 Å². The highest BCUT2D eigenvalue weighted by atomic mass is 35.5. The van der Waals surface area contributed by atoms with E-state index < -0.39 is 0 Å². The predicted molar refractivity (Wildman–Crippen MR) is 70.5 cm³/mol. The van der Waals surface area contributed by atoms with E-state index in [1.54, 1.807) is 12.1 Å². The Labute approximate surface area is 107 Å². The van der Waals surface area contributed by atoms with Crippen LogP contribution in [0.25, 0.3) is 0 Å². The van der Waals surface area contributed by atoms with Gasteiger partial charge in [0.1, 0.15) is 5.75 Å². The highest BCUT2D eigenvalue weighted by Crippen LogP contribution is 2.24. The molecule has 2 N–H and O–H groups in total. The Morgan fingerprint density at radius 3 is 3.00 bits per heavy atom. The number of nitrogens with one attached hydrogen (secondary N) is 1. The second kappa shape index (κ2) is 5.25. The molecule has 1 fully saturated rings. The van der Waals surface area contributed by atoms with Crippen LogP contribution in [0.15, 0.2) is 18.2 Å². The largest absolute Gasteiger partial charge is 0.508 e. The van der Waals surface area contributed by atoms with Crippen LogP contribution in [0.5, 0.6) is 5.75 Å². The smallest absolute Gasteiger partial charge is 0.120 e. The van der Waals surface area contributed by atoms with E-state index in [0.717, 1.165) is 25.2 Å². The highest BCUT2D eigenvalue weighted by Gasteiger charge is 2.22. The highest BCUT2D eigenvalue weighted by molar-refractivity contribution is 6.30. The molecule has 4 heteroatoms. The standard InChI is InChI=1S/C13H19ClN2O/c1-9-7-16(10(2)6-15-9)8-11-5-12(14)3-4-13(11)17/h3-5,9-10,15,17H,6-8H2,1-2H3. The van der Waals surface area contributed by atoms with E-state index in [1.165, 1.54) is 0 Å². The summed E-state index contributed by atoms with van der Waals surface area (Å²) in [7, 11) is 0. The van der Waals surface area contributed by atoms with Crippen LogP contribution in [0.3, 0.4) is 0 Å². The molecule has 0 aromatic heterocycles. The fourth-order valence-corrected chi connectivity index (χ4v) is 2.41. The fraction of sp³-hybridized carbons (Fsp3) is 0.538. The molecule has 0 radical (unpaired) electrons. The van der Waals surface area contributed by atoms with Crippen LogP contribution < -0.4 is 5.32 Å². The van der Waals surface area contributed by atoms with Crippen molar-refractivity contribution >= 4 is 11.6 Å². The van der Waals surface area contributed by atoms with Crippen molar-refractivity contribution in [2.24, 2.45) is 0 Å². The molecule has 0 aliphatic carbocycles. The fourth-order valence-electron chi connectivity index (χ4n) is 2.22. The Kier molecular flexibility index (Phi) is 3.92. The number of benzene rings is 1. The maximum Gasteiger partial charge on any atom is 0.120 e. The van der Waals surface area contributed by atoms with Gasteiger partial charge in [0, 0.05) is 42.3 Å². The molecule has 1 aliphatic heterocycles. The Bertz CT molecular complexity index is 397. The van der Waals surface area contributed by atoms with Gasteiger partial charge in [0.15, 0.2) is 0 Å². The SMILES string of the molecule is CC1CN(Cc2cc(Cl)ccc2O)C(C)CN1. The second-order valence-electron chi connectivity index (χ2n) is 4.86. The zero-order valence-corrected chi connectivity index (χ0v) is 11.0. The molecule has 2 rings (SSSR count). The Morgan fingerprint density at radius 1 is 1.47 bits per heavy atom. The Balaban J connectivity index is 2.11. The molecular weight excluding hydrogens is 236 g/mol. The number of hydrogen-bond donors (Lipinski definition) is 2. The molecule has 1 aromatic carbocycles. The molecular formula is C13H19ClN2O. The number of piperazine rings is 1. The average molecular weight is 255 g/mol. The number of rotatable bonds is 2. The third kappa shape index (κ3) is 3.12. The molecule has 1 heterocycles. The molecule has 1 saturated heterocycles. The molecule has 1 aliphatic rings. The summed E-state index contributed by atoms with van der Waals surface area (Å²) in [4.78, 5) is 2.37. The van der Waals surface area contributed by atoms with Crippen molar-refractivity contribution in [1.29, 1.82) is 0 Å². The van der Waals surface area contributed by atoms with Crippen molar-refractivity contribution in [1.82, 2.24) is 10.2 Å². The van der Waals surface area contributed by atoms with Crippen molar-refractivity contribution in [3.05, 3.63) is 28.8 Å². The van der Waals surface area contributed by atoms with Gasteiger partial charge in [0.2, 0.25) is 0 Å². The van der Waals surface area contributed by atoms with Gasteiger partial charge in [0.25, 0.3) is 0 Å². The average Bonchev–Trinajstić information content (AvgIpc) is 2.28. The summed E-state index contributed by atoms with van der Waals surface area (Å²) in [6.45, 7) is 7.10. The van der Waals surface area contributed by atoms with Gasteiger partial charge in [-0.15, -0.1) is 0 Å². The van der Waals surface area contributed by atoms with Gasteiger partial charge in [-0.2, -0.15) is 0 Å². The van der Waals surface area contributed by atoms with Gasteiger partial charge in [-0.3, -0.25) is 4.90 Å². The summed E-state index contributed by atoms with van der Waals surface area (Å²) in [5.74, 6) is 0.327. The maximum absolute atomic E-state index is 9.82. The quantitative estimate of drug-likeness (QED) is 0.850. The monoisotopic (exact) mass is 254 g/mol. The summed E-state index contributed by atoms with van der Waals surface area (Å²) in [6.07, 6.45) is 0. The van der Waals surface area contributed by atoms with Crippen molar-refractivity contribution in [2.45, 2.75) is 32.5 Å². The zero-order valence-electron chi connectivity index (χ0n) is 10.3. The lowest BCUT2D eigenvalue weighted by atomic mass is 10.1. The number of hydrogen-bond acceptors (Lipinski definition) is 3. The number of phenols is 1. The van der Waals surface area contributed by atoms with Gasteiger partial charge >= 0.3 is 0 Å². The van der Waals surface area contributed by atoms with E-state index in [-0.39, 0.29) is 0 Å². The Hall–Kier alpha value is -0.770. The van der Waals surface area contributed by atoms with Crippen LogP contribution in [-0.2, 0) is 6.54 Å². The van der Waals surface area contributed by atoms with Crippen LogP contribution >= 0.6 is 11.6 Å². The first-order valence-electron chi connectivity index (χ1n) is 6.01. The van der Waals surface area contributed by atoms with Gasteiger partial charge in [-0.1, -0.05) is 11.6 Å². The van der Waals surface area contributed by atoms with Crippen molar-refractivity contribution in [3.8, 4) is 5.75 Å². The normalized spacial score (nSPS) is 26.1. The summed E-state index contributed by atoms with van der Waals surface area (Å²) < 4.78 is 0. The van der Waals surface area contributed by atoms with E-state index in [9.17, 15) is 5.11 Å². The zero-order chi connectivity index (χ0) is 12.4. The van der Waals surface area contributed by atoms with Gasteiger partial charge in [0.05, 0.1) is 0 Å². The van der Waals surface area contributed by atoms with Gasteiger partial charge in [-0.05, 0) is 32.0 Å². The molecule has 2 unspecified atom stereocenters. The maximum atomic E-state index is 9.82. The molecule has 1 aromatic rings. The lowest BCUT2D eigenvalue weighted by molar-refractivity contribution is 0.137. The van der Waals surface area contributed by atoms with Crippen LogP contribution in [0.1, 0.15) is 19.4 Å². The summed E-state index contributed by atoms with van der Waals surface area (Å²) in [6, 6.07) is 6.19. The lowest BCUT2D eigenvalue weighted by Crippen LogP contribution is -2.53. The molecule has 2 atom stereocenters. The number of nitrogens with zero attached hydrogens (tertiary/aromatic N) is 1. The molecule has 94 valence electrons. The van der Waals surface area contributed by atoms with E-state index in [2.05, 4.69) is 24.1 Å². The van der Waals surface area contributed by atoms with Gasteiger partial charge in [-0.25, -0.2) is 0 Å². The summed E-state index contributed by atoms with van der Waals surface area (Å²) in [5.41, 5.74) is 0.901. The van der Waals surface area contributed by atoms with Gasteiger partial charge < -0.3 is 10.4 Å². The molecule has 0 saturated carbocycles. The second-order valence-corrected chi connectivity index (χ2v) is 5.30. The van der Waals surface area contributed by atoms with Crippen molar-refractivity contribution in [3.63, 3.8) is 0 Å². The van der Waals surface area contributed by atoms with E-state index >= 15 is 0 Å². The van der Waals surface area contributed by atoms with Crippen LogP contribution in [0.2, 0.25) is 5.02 Å². The summed E-state index contributed by atoms with van der Waals surface area (Å²) >= 11 is 5.96. The number of halogens is 1. The number of aromatic hydroxyl groups is 1. The third-order valence-electron chi connectivity index (χ3n) is 3.31. The van der Waals surface area contributed by atoms with E-state index in [1.807, 2.05) is 6.07 Å². The molecule has 3 nitrogen and oxygen atoms in total. The van der Waals surface area contributed by atoms with Crippen molar-refractivity contribution in [2.75, 3.05) is 13.1 Å². The lowest BCUT2D eigenvalue weighted by Gasteiger charge is -2.37. The Morgan fingerprint density at radius 2 is 2.24 bits per heavy atom. The molecule has 0 bridgehead atoms. The third-order valence-corrected chi connectivity index (χ3v) is 3.54. The minimum Gasteiger partial charge on any atom is -0.508 e. The first kappa shape index (κ1) is 12.7. The van der Waals surface area contributed by atoms with E-state index in [0.29, 0.717) is 22.9 Å². The minimum atomic E-state index is 0.327. The molecule has 0 spiro atoms. The first-order valence-corrected chi connectivity index (χ1v) is 6.39. The van der Waals surface area contributed by atoms with E-state index in [4.69, 9.17) is 11.6 Å². The van der Waals surface area contributed by atoms with Crippen molar-refractivity contribution < 1.29 is 5.11 Å². The minimum absolute atomic E-state index is 0.327. The predicted octanol–water partition coefficient (Wildman–Crippen LogP) is 2.23.